The Kier molecular flexibility index (Phi) is 4.05. The van der Waals surface area contributed by atoms with Crippen molar-refractivity contribution in [2.24, 2.45) is 0 Å². The number of hydrogen-bond acceptors (Lipinski definition) is 4. The fourth-order valence-electron chi connectivity index (χ4n) is 2.99. The van der Waals surface area contributed by atoms with E-state index in [4.69, 9.17) is 4.98 Å². The van der Waals surface area contributed by atoms with Gasteiger partial charge in [0.15, 0.2) is 5.16 Å². The maximum absolute atomic E-state index is 12.3. The summed E-state index contributed by atoms with van der Waals surface area (Å²) in [6, 6.07) is 13.6. The highest BCUT2D eigenvalue weighted by molar-refractivity contribution is 7.98. The molecule has 0 fully saturated rings. The highest BCUT2D eigenvalue weighted by Gasteiger charge is 2.11. The van der Waals surface area contributed by atoms with Gasteiger partial charge in [-0.2, -0.15) is 0 Å². The van der Waals surface area contributed by atoms with Crippen molar-refractivity contribution in [2.75, 3.05) is 0 Å². The van der Waals surface area contributed by atoms with E-state index >= 15 is 0 Å². The minimum atomic E-state index is -0.0479. The van der Waals surface area contributed by atoms with Crippen LogP contribution in [-0.4, -0.2) is 18.9 Å². The molecular formula is C19H18N4OS. The second kappa shape index (κ2) is 6.37. The Balaban J connectivity index is 1.69. The number of benzene rings is 1. The lowest BCUT2D eigenvalue weighted by atomic mass is 10.3. The van der Waals surface area contributed by atoms with Gasteiger partial charge in [0.2, 0.25) is 0 Å². The number of fused-ring (bicyclic) bond motifs is 2. The number of thioether (sulfide) groups is 1. The number of imidazole rings is 1. The Hall–Kier alpha value is -2.60. The maximum Gasteiger partial charge on any atom is 0.258 e. The largest absolute Gasteiger partial charge is 0.319 e. The van der Waals surface area contributed by atoms with Crippen molar-refractivity contribution in [1.82, 2.24) is 18.9 Å². The van der Waals surface area contributed by atoms with Crippen molar-refractivity contribution < 1.29 is 0 Å². The molecule has 25 heavy (non-hydrogen) atoms. The number of hydrogen-bond donors (Lipinski definition) is 0. The van der Waals surface area contributed by atoms with Crippen LogP contribution in [0, 0.1) is 6.92 Å². The number of aromatic nitrogens is 4. The smallest absolute Gasteiger partial charge is 0.258 e. The molecule has 1 aromatic carbocycles. The molecule has 0 aliphatic carbocycles. The van der Waals surface area contributed by atoms with Crippen LogP contribution in [0.1, 0.15) is 18.2 Å². The van der Waals surface area contributed by atoms with Crippen molar-refractivity contribution in [3.63, 3.8) is 0 Å². The first-order valence-electron chi connectivity index (χ1n) is 8.23. The molecule has 0 bridgehead atoms. The molecule has 0 radical (unpaired) electrons. The highest BCUT2D eigenvalue weighted by Crippen LogP contribution is 2.26. The van der Waals surface area contributed by atoms with E-state index in [9.17, 15) is 4.79 Å². The zero-order valence-corrected chi connectivity index (χ0v) is 15.0. The van der Waals surface area contributed by atoms with Crippen molar-refractivity contribution >= 4 is 28.4 Å². The predicted molar refractivity (Wildman–Crippen MR) is 101 cm³/mol. The quantitative estimate of drug-likeness (QED) is 0.527. The Morgan fingerprint density at radius 3 is 2.80 bits per heavy atom. The first-order chi connectivity index (χ1) is 12.2. The van der Waals surface area contributed by atoms with E-state index in [1.54, 1.807) is 28.4 Å². The summed E-state index contributed by atoms with van der Waals surface area (Å²) in [5.41, 5.74) is 4.57. The molecule has 0 amide bonds. The van der Waals surface area contributed by atoms with Crippen LogP contribution >= 0.6 is 11.8 Å². The first-order valence-corrected chi connectivity index (χ1v) is 9.22. The van der Waals surface area contributed by atoms with E-state index < -0.39 is 0 Å². The van der Waals surface area contributed by atoms with Gasteiger partial charge < -0.3 is 4.57 Å². The van der Waals surface area contributed by atoms with Gasteiger partial charge in [-0.25, -0.2) is 9.97 Å². The summed E-state index contributed by atoms with van der Waals surface area (Å²) in [6.45, 7) is 4.94. The van der Waals surface area contributed by atoms with Crippen LogP contribution < -0.4 is 5.56 Å². The summed E-state index contributed by atoms with van der Waals surface area (Å²) in [6.07, 6.45) is 1.76. The molecule has 0 unspecified atom stereocenters. The monoisotopic (exact) mass is 350 g/mol. The second-order valence-electron chi connectivity index (χ2n) is 5.89. The molecule has 5 nitrogen and oxygen atoms in total. The fraction of sp³-hybridized carbons (Fsp3) is 0.211. The van der Waals surface area contributed by atoms with E-state index in [1.165, 1.54) is 0 Å². The lowest BCUT2D eigenvalue weighted by Gasteiger charge is -2.07. The van der Waals surface area contributed by atoms with Crippen LogP contribution in [-0.2, 0) is 12.3 Å². The van der Waals surface area contributed by atoms with Gasteiger partial charge in [0, 0.05) is 24.6 Å². The first kappa shape index (κ1) is 15.9. The van der Waals surface area contributed by atoms with Crippen LogP contribution in [0.4, 0.5) is 0 Å². The van der Waals surface area contributed by atoms with E-state index in [0.29, 0.717) is 5.75 Å². The molecule has 0 saturated carbocycles. The van der Waals surface area contributed by atoms with E-state index in [0.717, 1.165) is 39.6 Å². The summed E-state index contributed by atoms with van der Waals surface area (Å²) in [5, 5.41) is 0.954. The Morgan fingerprint density at radius 2 is 1.96 bits per heavy atom. The Bertz CT molecular complexity index is 1130. The molecular weight excluding hydrogens is 332 g/mol. The van der Waals surface area contributed by atoms with Crippen LogP contribution in [0.3, 0.4) is 0 Å². The number of nitrogens with zero attached hydrogens (tertiary/aromatic N) is 4. The molecule has 4 aromatic rings. The lowest BCUT2D eigenvalue weighted by molar-refractivity contribution is 0.702. The van der Waals surface area contributed by atoms with Gasteiger partial charge in [0.25, 0.3) is 5.56 Å². The molecule has 6 heteroatoms. The fourth-order valence-corrected chi connectivity index (χ4v) is 3.96. The summed E-state index contributed by atoms with van der Waals surface area (Å²) >= 11 is 1.61. The zero-order chi connectivity index (χ0) is 17.4. The zero-order valence-electron chi connectivity index (χ0n) is 14.1. The van der Waals surface area contributed by atoms with Gasteiger partial charge in [-0.1, -0.05) is 30.0 Å². The van der Waals surface area contributed by atoms with Gasteiger partial charge in [0.1, 0.15) is 5.65 Å². The number of para-hydroxylation sites is 2. The highest BCUT2D eigenvalue weighted by atomic mass is 32.2. The predicted octanol–water partition coefficient (Wildman–Crippen LogP) is 3.66. The molecule has 4 rings (SSSR count). The Morgan fingerprint density at radius 1 is 1.12 bits per heavy atom. The molecule has 0 spiro atoms. The molecule has 0 atom stereocenters. The van der Waals surface area contributed by atoms with Crippen molar-refractivity contribution in [3.8, 4) is 0 Å². The van der Waals surface area contributed by atoms with Crippen molar-refractivity contribution in [2.45, 2.75) is 31.3 Å². The molecule has 3 heterocycles. The number of pyridine rings is 1. The van der Waals surface area contributed by atoms with E-state index in [2.05, 4.69) is 22.5 Å². The Labute approximate surface area is 149 Å². The van der Waals surface area contributed by atoms with Crippen LogP contribution in [0.5, 0.6) is 0 Å². The minimum absolute atomic E-state index is 0.0479. The molecule has 126 valence electrons. The van der Waals surface area contributed by atoms with Crippen molar-refractivity contribution in [1.29, 1.82) is 0 Å². The van der Waals surface area contributed by atoms with Gasteiger partial charge >= 0.3 is 0 Å². The van der Waals surface area contributed by atoms with E-state index in [-0.39, 0.29) is 5.56 Å². The van der Waals surface area contributed by atoms with Gasteiger partial charge in [-0.05, 0) is 37.6 Å². The van der Waals surface area contributed by atoms with Crippen LogP contribution in [0.15, 0.2) is 58.6 Å². The number of rotatable bonds is 4. The lowest BCUT2D eigenvalue weighted by Crippen LogP contribution is -2.15. The normalized spacial score (nSPS) is 11.4. The van der Waals surface area contributed by atoms with Crippen LogP contribution in [0.2, 0.25) is 0 Å². The van der Waals surface area contributed by atoms with E-state index in [1.807, 2.05) is 37.3 Å². The summed E-state index contributed by atoms with van der Waals surface area (Å²) in [4.78, 5) is 21.7. The maximum atomic E-state index is 12.3. The van der Waals surface area contributed by atoms with Gasteiger partial charge in [-0.15, -0.1) is 0 Å². The molecule has 0 aliphatic heterocycles. The second-order valence-corrected chi connectivity index (χ2v) is 6.83. The summed E-state index contributed by atoms with van der Waals surface area (Å²) in [5.74, 6) is 0.614. The molecule has 0 saturated heterocycles. The molecule has 3 aromatic heterocycles. The standard InChI is InChI=1S/C19H18N4OS/c1-3-22-16-9-5-4-8-15(16)21-19(22)25-12-14-11-17(24)23-10-6-7-13(2)18(23)20-14/h4-11H,3,12H2,1-2H3. The van der Waals surface area contributed by atoms with Crippen molar-refractivity contribution in [3.05, 3.63) is 70.3 Å². The summed E-state index contributed by atoms with van der Waals surface area (Å²) < 4.78 is 3.78. The third-order valence-electron chi connectivity index (χ3n) is 4.22. The van der Waals surface area contributed by atoms with Crippen LogP contribution in [0.25, 0.3) is 16.7 Å². The third kappa shape index (κ3) is 2.82. The average molecular weight is 350 g/mol. The molecule has 0 aliphatic rings. The molecule has 0 N–H and O–H groups in total. The topological polar surface area (TPSA) is 52.2 Å². The number of aryl methyl sites for hydroxylation is 2. The summed E-state index contributed by atoms with van der Waals surface area (Å²) in [7, 11) is 0. The average Bonchev–Trinajstić information content (AvgIpc) is 2.98. The SMILES string of the molecule is CCn1c(SCc2cc(=O)n3cccc(C)c3n2)nc2ccccc21. The van der Waals surface area contributed by atoms with Gasteiger partial charge in [0.05, 0.1) is 16.7 Å². The van der Waals surface area contributed by atoms with Gasteiger partial charge in [-0.3, -0.25) is 9.20 Å². The minimum Gasteiger partial charge on any atom is -0.319 e. The third-order valence-corrected chi connectivity index (χ3v) is 5.23.